The molecule has 7 N–H and O–H groups in total. The Bertz CT molecular complexity index is 1010. The highest BCUT2D eigenvalue weighted by Crippen LogP contribution is 2.09. The van der Waals surface area contributed by atoms with Gasteiger partial charge in [0.15, 0.2) is 0 Å². The Morgan fingerprint density at radius 1 is 0.968 bits per heavy atom. The Morgan fingerprint density at radius 2 is 1.61 bits per heavy atom. The summed E-state index contributed by atoms with van der Waals surface area (Å²) in [5, 5.41) is 14.2. The molecule has 11 nitrogen and oxygen atoms in total. The molecular weight excluding hydrogens is 426 g/mol. The van der Waals surface area contributed by atoms with E-state index in [9.17, 15) is 27.9 Å². The van der Waals surface area contributed by atoms with Crippen molar-refractivity contribution in [1.82, 2.24) is 15.4 Å². The second kappa shape index (κ2) is 11.1. The number of rotatable bonds is 11. The molecule has 2 aromatic carbocycles. The third-order valence-corrected chi connectivity index (χ3v) is 5.59. The lowest BCUT2D eigenvalue weighted by molar-refractivity contribution is -0.138. The molecule has 0 aromatic heterocycles. The van der Waals surface area contributed by atoms with Gasteiger partial charge in [-0.05, 0) is 36.4 Å². The summed E-state index contributed by atoms with van der Waals surface area (Å²) in [6.45, 7) is -0.448. The smallest absolute Gasteiger partial charge is 0.323 e. The Hall–Kier alpha value is -3.48. The lowest BCUT2D eigenvalue weighted by atomic mass is 10.2. The van der Waals surface area contributed by atoms with Gasteiger partial charge in [-0.1, -0.05) is 18.2 Å². The van der Waals surface area contributed by atoms with Crippen LogP contribution in [0.25, 0.3) is 0 Å². The Labute approximate surface area is 179 Å². The molecule has 12 heteroatoms. The van der Waals surface area contributed by atoms with E-state index in [1.165, 1.54) is 24.3 Å². The molecule has 2 aromatic rings. The van der Waals surface area contributed by atoms with Crippen LogP contribution in [0.15, 0.2) is 59.5 Å². The van der Waals surface area contributed by atoms with Crippen molar-refractivity contribution in [1.29, 1.82) is 0 Å². The van der Waals surface area contributed by atoms with E-state index in [0.717, 1.165) is 0 Å². The van der Waals surface area contributed by atoms with Gasteiger partial charge in [0.25, 0.3) is 5.91 Å². The highest BCUT2D eigenvalue weighted by Gasteiger charge is 2.25. The summed E-state index contributed by atoms with van der Waals surface area (Å²) in [4.78, 5) is 35.3. The molecule has 0 spiro atoms. The molecule has 1 atom stereocenters. The number of nitrogen functional groups attached to an aromatic ring is 1. The van der Waals surface area contributed by atoms with Gasteiger partial charge in [0.1, 0.15) is 6.04 Å². The van der Waals surface area contributed by atoms with Gasteiger partial charge >= 0.3 is 5.97 Å². The van der Waals surface area contributed by atoms with Crippen LogP contribution in [0.2, 0.25) is 0 Å². The number of benzene rings is 2. The second-order valence-corrected chi connectivity index (χ2v) is 8.07. The molecule has 0 radical (unpaired) electrons. The number of amides is 2. The van der Waals surface area contributed by atoms with Crippen molar-refractivity contribution in [2.75, 3.05) is 18.5 Å². The Balaban J connectivity index is 1.81. The monoisotopic (exact) mass is 449 g/mol. The molecule has 0 saturated heterocycles. The zero-order valence-corrected chi connectivity index (χ0v) is 17.2. The number of carbonyl (C=O) groups is 3. The Kier molecular flexibility index (Phi) is 8.49. The molecule has 0 aliphatic rings. The number of nitrogens with two attached hydrogens (primary N) is 1. The van der Waals surface area contributed by atoms with E-state index in [0.29, 0.717) is 11.3 Å². The van der Waals surface area contributed by atoms with Gasteiger partial charge in [0, 0.05) is 30.8 Å². The number of hydrazine groups is 1. The number of anilines is 1. The summed E-state index contributed by atoms with van der Waals surface area (Å²) in [6, 6.07) is 12.1. The number of carboxylic acid groups (broad SMARTS) is 1. The van der Waals surface area contributed by atoms with E-state index < -0.39 is 40.4 Å². The number of aliphatic carboxylic acids is 1. The van der Waals surface area contributed by atoms with Gasteiger partial charge in [-0.25, -0.2) is 8.42 Å². The molecule has 0 saturated carbocycles. The van der Waals surface area contributed by atoms with Crippen molar-refractivity contribution >= 4 is 33.5 Å². The maximum absolute atomic E-state index is 12.3. The number of hydrogen-bond acceptors (Lipinski definition) is 7. The van der Waals surface area contributed by atoms with Gasteiger partial charge in [-0.3, -0.25) is 20.2 Å². The lowest BCUT2D eigenvalue weighted by Gasteiger charge is -2.15. The normalized spacial score (nSPS) is 11.9. The zero-order chi connectivity index (χ0) is 22.9. The minimum Gasteiger partial charge on any atom is -0.480 e. The average Bonchev–Trinajstić information content (AvgIpc) is 2.77. The first-order chi connectivity index (χ1) is 14.7. The van der Waals surface area contributed by atoms with Crippen LogP contribution in [0, 0.1) is 0 Å². The molecule has 0 bridgehead atoms. The molecule has 0 aliphatic heterocycles. The number of nitrogens with one attached hydrogen (secondary N) is 4. The van der Waals surface area contributed by atoms with E-state index in [2.05, 4.69) is 16.1 Å². The van der Waals surface area contributed by atoms with Crippen LogP contribution >= 0.6 is 0 Å². The van der Waals surface area contributed by atoms with E-state index in [1.54, 1.807) is 30.3 Å². The maximum Gasteiger partial charge on any atom is 0.323 e. The molecule has 166 valence electrons. The van der Waals surface area contributed by atoms with E-state index in [-0.39, 0.29) is 17.9 Å². The largest absolute Gasteiger partial charge is 0.480 e. The Morgan fingerprint density at radius 3 is 2.19 bits per heavy atom. The van der Waals surface area contributed by atoms with Gasteiger partial charge < -0.3 is 21.2 Å². The number of carbonyl (C=O) groups excluding carboxylic acids is 2. The summed E-state index contributed by atoms with van der Waals surface area (Å²) in [5.74, 6) is 2.87. The molecule has 0 heterocycles. The van der Waals surface area contributed by atoms with Crippen molar-refractivity contribution < 1.29 is 27.9 Å². The molecule has 0 aliphatic carbocycles. The fourth-order valence-electron chi connectivity index (χ4n) is 2.45. The third-order valence-electron chi connectivity index (χ3n) is 4.10. The van der Waals surface area contributed by atoms with Crippen LogP contribution < -0.4 is 26.6 Å². The van der Waals surface area contributed by atoms with E-state index in [1.807, 2.05) is 4.72 Å². The fourth-order valence-corrected chi connectivity index (χ4v) is 3.66. The molecule has 2 amide bonds. The molecule has 0 fully saturated rings. The summed E-state index contributed by atoms with van der Waals surface area (Å²) in [7, 11) is -4.07. The van der Waals surface area contributed by atoms with Gasteiger partial charge in [-0.2, -0.15) is 4.72 Å². The summed E-state index contributed by atoms with van der Waals surface area (Å²) < 4.78 is 26.6. The zero-order valence-electron chi connectivity index (χ0n) is 16.4. The maximum atomic E-state index is 12.3. The lowest BCUT2D eigenvalue weighted by Crippen LogP contribution is -2.48. The predicted molar refractivity (Wildman–Crippen MR) is 112 cm³/mol. The minimum atomic E-state index is -4.07. The van der Waals surface area contributed by atoms with Crippen LogP contribution in [0.1, 0.15) is 16.8 Å². The van der Waals surface area contributed by atoms with Crippen molar-refractivity contribution in [3.05, 3.63) is 60.2 Å². The van der Waals surface area contributed by atoms with Gasteiger partial charge in [0.05, 0.1) is 4.90 Å². The first kappa shape index (κ1) is 23.8. The minimum absolute atomic E-state index is 0.00897. The number of hydrogen-bond donors (Lipinski definition) is 6. The fraction of sp³-hybridized carbons (Fsp3) is 0.211. The topological polar surface area (TPSA) is 180 Å². The molecule has 31 heavy (non-hydrogen) atoms. The summed E-state index contributed by atoms with van der Waals surface area (Å²) >= 11 is 0. The third kappa shape index (κ3) is 7.37. The van der Waals surface area contributed by atoms with Gasteiger partial charge in [-0.15, -0.1) is 0 Å². The first-order valence-electron chi connectivity index (χ1n) is 9.14. The summed E-state index contributed by atoms with van der Waals surface area (Å²) in [6.07, 6.45) is -0.119. The van der Waals surface area contributed by atoms with Crippen molar-refractivity contribution in [2.24, 2.45) is 5.84 Å². The molecular formula is C19H23N5O6S. The highest BCUT2D eigenvalue weighted by molar-refractivity contribution is 7.89. The van der Waals surface area contributed by atoms with Crippen LogP contribution in [-0.4, -0.2) is 50.4 Å². The van der Waals surface area contributed by atoms with Crippen LogP contribution in [0.3, 0.4) is 0 Å². The number of sulfonamides is 1. The van der Waals surface area contributed by atoms with Crippen LogP contribution in [0.5, 0.6) is 0 Å². The van der Waals surface area contributed by atoms with Crippen molar-refractivity contribution in [3.63, 3.8) is 0 Å². The summed E-state index contributed by atoms with van der Waals surface area (Å²) in [5.41, 5.74) is 3.44. The van der Waals surface area contributed by atoms with E-state index in [4.69, 9.17) is 5.84 Å². The number of carboxylic acids is 1. The quantitative estimate of drug-likeness (QED) is 0.199. The van der Waals surface area contributed by atoms with E-state index >= 15 is 0 Å². The second-order valence-electron chi connectivity index (χ2n) is 6.36. The van der Waals surface area contributed by atoms with Crippen molar-refractivity contribution in [3.8, 4) is 0 Å². The van der Waals surface area contributed by atoms with Gasteiger partial charge in [0.2, 0.25) is 15.9 Å². The predicted octanol–water partition coefficient (Wildman–Crippen LogP) is -0.360. The van der Waals surface area contributed by atoms with Crippen LogP contribution in [0.4, 0.5) is 5.69 Å². The average molecular weight is 449 g/mol. The standard InChI is InChI=1S/C19H23N5O6S/c20-23-14-8-6-13(7-9-14)18(26)21-11-10-17(25)22-12-16(19(27)28)24-31(29,30)15-4-2-1-3-5-15/h1-9,16,23-24H,10-12,20H2,(H,21,26)(H,22,25)(H,27,28). The van der Waals surface area contributed by atoms with Crippen LogP contribution in [-0.2, 0) is 19.6 Å². The SMILES string of the molecule is NNc1ccc(C(=O)NCCC(=O)NCC(NS(=O)(=O)c2ccccc2)C(=O)O)cc1. The first-order valence-corrected chi connectivity index (χ1v) is 10.6. The molecule has 2 rings (SSSR count). The molecule has 1 unspecified atom stereocenters. The van der Waals surface area contributed by atoms with Crippen molar-refractivity contribution in [2.45, 2.75) is 17.4 Å². The highest BCUT2D eigenvalue weighted by atomic mass is 32.2.